The maximum atomic E-state index is 13.0. The number of pyridine rings is 3. The first-order chi connectivity index (χ1) is 13.1. The third kappa shape index (κ3) is 3.45. The van der Waals surface area contributed by atoms with Crippen molar-refractivity contribution in [2.45, 2.75) is 32.7 Å². The summed E-state index contributed by atoms with van der Waals surface area (Å²) in [5.74, 6) is 0.516. The van der Waals surface area contributed by atoms with Crippen molar-refractivity contribution < 1.29 is 4.79 Å². The number of aromatic nitrogens is 3. The molecule has 0 saturated carbocycles. The van der Waals surface area contributed by atoms with Crippen molar-refractivity contribution in [2.75, 3.05) is 6.54 Å². The largest absolute Gasteiger partial charge is 0.332 e. The van der Waals surface area contributed by atoms with Crippen LogP contribution in [0.3, 0.4) is 0 Å². The zero-order chi connectivity index (χ0) is 18.8. The number of carbonyl (C=O) groups excluding carboxylic acids is 1. The number of carbonyl (C=O) groups is 1. The van der Waals surface area contributed by atoms with Crippen LogP contribution in [0.4, 0.5) is 0 Å². The summed E-state index contributed by atoms with van der Waals surface area (Å²) in [6, 6.07) is 9.93. The molecule has 0 unspecified atom stereocenters. The van der Waals surface area contributed by atoms with Gasteiger partial charge >= 0.3 is 0 Å². The summed E-state index contributed by atoms with van der Waals surface area (Å²) < 4.78 is 0. The fourth-order valence-corrected chi connectivity index (χ4v) is 3.40. The monoisotopic (exact) mass is 358 g/mol. The van der Waals surface area contributed by atoms with Crippen molar-refractivity contribution in [1.82, 2.24) is 19.9 Å². The normalized spacial score (nSPS) is 13.3. The van der Waals surface area contributed by atoms with E-state index in [2.05, 4.69) is 40.9 Å². The molecule has 0 aliphatic carbocycles. The molecule has 136 valence electrons. The SMILES string of the molecule is CC(C)c1ccc(CCN2Cc3nccc(-c4ccncc4)c3C2=O)nc1. The van der Waals surface area contributed by atoms with Crippen molar-refractivity contribution in [3.05, 3.63) is 77.6 Å². The van der Waals surface area contributed by atoms with E-state index >= 15 is 0 Å². The highest BCUT2D eigenvalue weighted by Gasteiger charge is 2.31. The number of hydrogen-bond donors (Lipinski definition) is 0. The maximum absolute atomic E-state index is 13.0. The van der Waals surface area contributed by atoms with Gasteiger partial charge in [0, 0.05) is 43.4 Å². The van der Waals surface area contributed by atoms with Gasteiger partial charge in [0.15, 0.2) is 0 Å². The lowest BCUT2D eigenvalue weighted by atomic mass is 10.0. The molecule has 1 aliphatic rings. The molecule has 1 amide bonds. The summed E-state index contributed by atoms with van der Waals surface area (Å²) >= 11 is 0. The van der Waals surface area contributed by atoms with Gasteiger partial charge in [-0.3, -0.25) is 19.7 Å². The fraction of sp³-hybridized carbons (Fsp3) is 0.273. The van der Waals surface area contributed by atoms with E-state index in [1.165, 1.54) is 5.56 Å². The molecule has 0 saturated heterocycles. The first kappa shape index (κ1) is 17.3. The molecule has 5 nitrogen and oxygen atoms in total. The quantitative estimate of drug-likeness (QED) is 0.695. The van der Waals surface area contributed by atoms with Crippen molar-refractivity contribution in [3.63, 3.8) is 0 Å². The maximum Gasteiger partial charge on any atom is 0.256 e. The van der Waals surface area contributed by atoms with E-state index in [1.807, 2.05) is 29.3 Å². The van der Waals surface area contributed by atoms with Gasteiger partial charge in [-0.2, -0.15) is 0 Å². The van der Waals surface area contributed by atoms with Crippen LogP contribution >= 0.6 is 0 Å². The van der Waals surface area contributed by atoms with Crippen LogP contribution in [0, 0.1) is 0 Å². The predicted octanol–water partition coefficient (Wildman–Crippen LogP) is 3.86. The second kappa shape index (κ2) is 7.27. The molecule has 4 heterocycles. The van der Waals surface area contributed by atoms with E-state index in [9.17, 15) is 4.79 Å². The molecule has 0 atom stereocenters. The zero-order valence-electron chi connectivity index (χ0n) is 15.6. The minimum absolute atomic E-state index is 0.0451. The highest BCUT2D eigenvalue weighted by atomic mass is 16.2. The molecule has 4 rings (SSSR count). The first-order valence-corrected chi connectivity index (χ1v) is 9.26. The van der Waals surface area contributed by atoms with E-state index in [1.54, 1.807) is 18.6 Å². The van der Waals surface area contributed by atoms with Crippen molar-refractivity contribution in [3.8, 4) is 11.1 Å². The minimum atomic E-state index is 0.0451. The van der Waals surface area contributed by atoms with E-state index in [4.69, 9.17) is 0 Å². The summed E-state index contributed by atoms with van der Waals surface area (Å²) in [4.78, 5) is 27.9. The molecule has 0 N–H and O–H groups in total. The highest BCUT2D eigenvalue weighted by Crippen LogP contribution is 2.31. The van der Waals surface area contributed by atoms with Gasteiger partial charge in [0.2, 0.25) is 0 Å². The molecular weight excluding hydrogens is 336 g/mol. The molecule has 3 aromatic rings. The van der Waals surface area contributed by atoms with E-state index < -0.39 is 0 Å². The first-order valence-electron chi connectivity index (χ1n) is 9.26. The summed E-state index contributed by atoms with van der Waals surface area (Å²) in [5.41, 5.74) is 5.71. The number of hydrogen-bond acceptors (Lipinski definition) is 4. The van der Waals surface area contributed by atoms with Gasteiger partial charge in [0.1, 0.15) is 0 Å². The van der Waals surface area contributed by atoms with Crippen LogP contribution in [0.1, 0.15) is 47.1 Å². The van der Waals surface area contributed by atoms with Crippen molar-refractivity contribution in [2.24, 2.45) is 0 Å². The van der Waals surface area contributed by atoms with Gasteiger partial charge in [-0.05, 0) is 46.9 Å². The van der Waals surface area contributed by atoms with E-state index in [-0.39, 0.29) is 5.91 Å². The summed E-state index contributed by atoms with van der Waals surface area (Å²) in [5, 5.41) is 0. The topological polar surface area (TPSA) is 59.0 Å². The third-order valence-electron chi connectivity index (χ3n) is 5.01. The smallest absolute Gasteiger partial charge is 0.256 e. The van der Waals surface area contributed by atoms with Gasteiger partial charge in [-0.15, -0.1) is 0 Å². The molecule has 0 fully saturated rings. The second-order valence-electron chi connectivity index (χ2n) is 7.13. The lowest BCUT2D eigenvalue weighted by Gasteiger charge is -2.15. The van der Waals surface area contributed by atoms with Crippen LogP contribution < -0.4 is 0 Å². The molecule has 27 heavy (non-hydrogen) atoms. The van der Waals surface area contributed by atoms with Crippen LogP contribution in [0.25, 0.3) is 11.1 Å². The Kier molecular flexibility index (Phi) is 4.67. The third-order valence-corrected chi connectivity index (χ3v) is 5.01. The Balaban J connectivity index is 1.51. The molecule has 5 heteroatoms. The molecule has 0 spiro atoms. The van der Waals surface area contributed by atoms with Crippen molar-refractivity contribution in [1.29, 1.82) is 0 Å². The van der Waals surface area contributed by atoms with Crippen LogP contribution in [0.2, 0.25) is 0 Å². The van der Waals surface area contributed by atoms with Gasteiger partial charge in [0.25, 0.3) is 5.91 Å². The average molecular weight is 358 g/mol. The Morgan fingerprint density at radius 2 is 1.85 bits per heavy atom. The molecule has 0 bridgehead atoms. The van der Waals surface area contributed by atoms with Gasteiger partial charge in [-0.1, -0.05) is 19.9 Å². The van der Waals surface area contributed by atoms with E-state index in [0.29, 0.717) is 24.6 Å². The fourth-order valence-electron chi connectivity index (χ4n) is 3.40. The Morgan fingerprint density at radius 1 is 1.04 bits per heavy atom. The Morgan fingerprint density at radius 3 is 2.56 bits per heavy atom. The zero-order valence-corrected chi connectivity index (χ0v) is 15.6. The molecule has 3 aromatic heterocycles. The number of fused-ring (bicyclic) bond motifs is 1. The lowest BCUT2D eigenvalue weighted by Crippen LogP contribution is -2.26. The standard InChI is InChI=1S/C22H22N4O/c1-15(2)17-3-4-18(25-13-17)8-12-26-14-20-21(22(26)27)19(7-11-24-20)16-5-9-23-10-6-16/h3-7,9-11,13,15H,8,12,14H2,1-2H3. The minimum Gasteiger partial charge on any atom is -0.332 e. The summed E-state index contributed by atoms with van der Waals surface area (Å²) in [6.45, 7) is 5.50. The van der Waals surface area contributed by atoms with Crippen LogP contribution in [0.15, 0.2) is 55.1 Å². The Bertz CT molecular complexity index is 952. The summed E-state index contributed by atoms with van der Waals surface area (Å²) in [6.07, 6.45) is 7.93. The molecule has 1 aliphatic heterocycles. The molecule has 0 aromatic carbocycles. The van der Waals surface area contributed by atoms with Crippen LogP contribution in [-0.4, -0.2) is 32.3 Å². The van der Waals surface area contributed by atoms with E-state index in [0.717, 1.165) is 28.9 Å². The Hall–Kier alpha value is -3.08. The van der Waals surface area contributed by atoms with Gasteiger partial charge in [0.05, 0.1) is 17.8 Å². The second-order valence-corrected chi connectivity index (χ2v) is 7.13. The lowest BCUT2D eigenvalue weighted by molar-refractivity contribution is 0.0780. The number of amides is 1. The van der Waals surface area contributed by atoms with Crippen molar-refractivity contribution >= 4 is 5.91 Å². The van der Waals surface area contributed by atoms with Gasteiger partial charge in [-0.25, -0.2) is 0 Å². The number of nitrogens with zero attached hydrogens (tertiary/aromatic N) is 4. The summed E-state index contributed by atoms with van der Waals surface area (Å²) in [7, 11) is 0. The molecular formula is C22H22N4O. The number of rotatable bonds is 5. The molecule has 0 radical (unpaired) electrons. The van der Waals surface area contributed by atoms with Crippen LogP contribution in [-0.2, 0) is 13.0 Å². The van der Waals surface area contributed by atoms with Gasteiger partial charge < -0.3 is 4.90 Å². The highest BCUT2D eigenvalue weighted by molar-refractivity contribution is 6.03. The Labute approximate surface area is 159 Å². The predicted molar refractivity (Wildman–Crippen MR) is 104 cm³/mol. The van der Waals surface area contributed by atoms with Crippen LogP contribution in [0.5, 0.6) is 0 Å². The average Bonchev–Trinajstić information content (AvgIpc) is 3.03.